The van der Waals surface area contributed by atoms with E-state index in [1.165, 1.54) is 6.07 Å². The Labute approximate surface area is 198 Å². The van der Waals surface area contributed by atoms with Gasteiger partial charge in [-0.05, 0) is 11.1 Å². The smallest absolute Gasteiger partial charge is 0.329 e. The van der Waals surface area contributed by atoms with Crippen LogP contribution in [0.1, 0.15) is 16.5 Å². The summed E-state index contributed by atoms with van der Waals surface area (Å²) in [4.78, 5) is 26.2. The molecule has 2 aromatic carbocycles. The molecule has 1 saturated heterocycles. The monoisotopic (exact) mass is 550 g/mol. The van der Waals surface area contributed by atoms with Crippen LogP contribution in [0.5, 0.6) is 0 Å². The number of hydrogen-bond donors (Lipinski definition) is 1. The van der Waals surface area contributed by atoms with Gasteiger partial charge in [0, 0.05) is 12.3 Å². The highest BCUT2D eigenvalue weighted by Crippen LogP contribution is 2.47. The molecule has 0 bridgehead atoms. The second-order valence-electron chi connectivity index (χ2n) is 7.29. The summed E-state index contributed by atoms with van der Waals surface area (Å²) in [5.74, 6) is 0. The molecule has 3 aromatic rings. The van der Waals surface area contributed by atoms with Gasteiger partial charge in [-0.3, -0.25) is 14.3 Å². The van der Waals surface area contributed by atoms with E-state index < -0.39 is 11.2 Å². The van der Waals surface area contributed by atoms with Crippen molar-refractivity contribution in [3.05, 3.63) is 105 Å². The number of H-pyrrole nitrogens is 1. The molecule has 0 spiro atoms. The molecule has 0 unspecified atom stereocenters. The summed E-state index contributed by atoms with van der Waals surface area (Å²) in [7, 11) is 0. The zero-order valence-electron chi connectivity index (χ0n) is 16.7. The largest absolute Gasteiger partial charge is 0.376 e. The molecule has 1 fully saturated rings. The minimum Gasteiger partial charge on any atom is -0.376 e. The first-order valence-electron chi connectivity index (χ1n) is 10.00. The molecular formula is C23H23IN2O4S. The van der Waals surface area contributed by atoms with Crippen LogP contribution < -0.4 is 11.2 Å². The van der Waals surface area contributed by atoms with Crippen molar-refractivity contribution in [2.24, 2.45) is 0 Å². The average Bonchev–Trinajstić information content (AvgIpc) is 3.09. The van der Waals surface area contributed by atoms with E-state index in [2.05, 4.69) is 27.6 Å². The molecule has 4 rings (SSSR count). The van der Waals surface area contributed by atoms with E-state index in [4.69, 9.17) is 9.47 Å². The van der Waals surface area contributed by atoms with Crippen molar-refractivity contribution >= 4 is 34.4 Å². The summed E-state index contributed by atoms with van der Waals surface area (Å²) in [5, 5.41) is -0.103. The third kappa shape index (κ3) is 5.68. The Morgan fingerprint density at radius 1 is 0.935 bits per heavy atom. The third-order valence-electron chi connectivity index (χ3n) is 5.07. The number of aromatic nitrogens is 2. The Morgan fingerprint density at radius 3 is 2.23 bits per heavy atom. The van der Waals surface area contributed by atoms with Crippen LogP contribution in [0.15, 0.2) is 82.5 Å². The van der Waals surface area contributed by atoms with E-state index in [1.807, 2.05) is 60.7 Å². The van der Waals surface area contributed by atoms with Gasteiger partial charge in [0.25, 0.3) is 5.56 Å². The van der Waals surface area contributed by atoms with Crippen LogP contribution in [0.3, 0.4) is 0 Å². The van der Waals surface area contributed by atoms with E-state index in [0.717, 1.165) is 11.1 Å². The fourth-order valence-electron chi connectivity index (χ4n) is 3.51. The van der Waals surface area contributed by atoms with Crippen LogP contribution in [-0.2, 0) is 22.7 Å². The Hall–Kier alpha value is -1.88. The maximum Gasteiger partial charge on any atom is 0.329 e. The molecule has 1 aliphatic rings. The van der Waals surface area contributed by atoms with E-state index in [1.54, 1.807) is 22.5 Å². The number of nitrogens with one attached hydrogen (secondary N) is 1. The SMILES string of the molecule is O=c1ccn([C@H]2S[C@H](COCc3ccccc3)[C@@H](OCc3ccccc3)[C@@H]2I)c(=O)[nH]1. The van der Waals surface area contributed by atoms with Crippen LogP contribution in [0.4, 0.5) is 0 Å². The molecule has 0 saturated carbocycles. The molecule has 0 amide bonds. The number of aromatic amines is 1. The Morgan fingerprint density at radius 2 is 1.58 bits per heavy atom. The van der Waals surface area contributed by atoms with Gasteiger partial charge in [-0.15, -0.1) is 11.8 Å². The molecular weight excluding hydrogens is 527 g/mol. The molecule has 2 heterocycles. The summed E-state index contributed by atoms with van der Waals surface area (Å²) < 4.78 is 14.0. The minimum atomic E-state index is -0.403. The predicted molar refractivity (Wildman–Crippen MR) is 131 cm³/mol. The maximum atomic E-state index is 12.4. The van der Waals surface area contributed by atoms with Crippen LogP contribution in [0.2, 0.25) is 0 Å². The third-order valence-corrected chi connectivity index (χ3v) is 8.50. The number of halogens is 1. The van der Waals surface area contributed by atoms with Crippen molar-refractivity contribution < 1.29 is 9.47 Å². The Balaban J connectivity index is 1.49. The van der Waals surface area contributed by atoms with Gasteiger partial charge in [0.1, 0.15) is 0 Å². The molecule has 8 heteroatoms. The first kappa shape index (κ1) is 22.3. The van der Waals surface area contributed by atoms with Crippen LogP contribution in [0.25, 0.3) is 0 Å². The van der Waals surface area contributed by atoms with Crippen LogP contribution in [0, 0.1) is 0 Å². The van der Waals surface area contributed by atoms with Crippen molar-refractivity contribution in [3.8, 4) is 0 Å². The average molecular weight is 550 g/mol. The maximum absolute atomic E-state index is 12.4. The van der Waals surface area contributed by atoms with Gasteiger partial charge in [-0.25, -0.2) is 4.79 Å². The number of thioether (sulfide) groups is 1. The predicted octanol–water partition coefficient (Wildman–Crippen LogP) is 3.76. The van der Waals surface area contributed by atoms with Gasteiger partial charge in [-0.2, -0.15) is 0 Å². The highest BCUT2D eigenvalue weighted by molar-refractivity contribution is 14.1. The summed E-state index contributed by atoms with van der Waals surface area (Å²) in [6.07, 6.45) is 1.46. The Kier molecular flexibility index (Phi) is 7.65. The molecule has 6 nitrogen and oxygen atoms in total. The number of rotatable bonds is 8. The van der Waals surface area contributed by atoms with Crippen molar-refractivity contribution in [1.82, 2.24) is 9.55 Å². The first-order chi connectivity index (χ1) is 15.1. The lowest BCUT2D eigenvalue weighted by molar-refractivity contribution is 0.0190. The summed E-state index contributed by atoms with van der Waals surface area (Å²) >= 11 is 4.01. The van der Waals surface area contributed by atoms with Gasteiger partial charge in [0.05, 0.1) is 40.5 Å². The lowest BCUT2D eigenvalue weighted by Gasteiger charge is -2.22. The number of ether oxygens (including phenoxy) is 2. The molecule has 0 radical (unpaired) electrons. The van der Waals surface area contributed by atoms with Gasteiger partial charge in [-0.1, -0.05) is 83.3 Å². The van der Waals surface area contributed by atoms with Crippen molar-refractivity contribution in [1.29, 1.82) is 0 Å². The van der Waals surface area contributed by atoms with Gasteiger partial charge >= 0.3 is 5.69 Å². The fraction of sp³-hybridized carbons (Fsp3) is 0.304. The fourth-order valence-corrected chi connectivity index (χ4v) is 6.90. The van der Waals surface area contributed by atoms with Crippen LogP contribution in [-0.4, -0.2) is 31.4 Å². The standard InChI is InChI=1S/C23H23IN2O4S/c24-20-21(30-14-17-9-5-2-6-10-17)18(15-29-13-16-7-3-1-4-8-16)31-22(20)26-12-11-19(27)25-23(26)28/h1-12,18,20-22H,13-15H2,(H,25,27,28)/t18-,20+,21-,22+/m1/s1. The molecule has 0 aliphatic carbocycles. The number of nitrogens with zero attached hydrogens (tertiary/aromatic N) is 1. The van der Waals surface area contributed by atoms with Gasteiger partial charge in [0.15, 0.2) is 0 Å². The van der Waals surface area contributed by atoms with Crippen molar-refractivity contribution in [2.45, 2.75) is 33.9 Å². The normalized spacial score (nSPS) is 23.1. The zero-order valence-corrected chi connectivity index (χ0v) is 19.7. The molecule has 1 aromatic heterocycles. The van der Waals surface area contributed by atoms with Crippen LogP contribution >= 0.6 is 34.4 Å². The number of benzene rings is 2. The first-order valence-corrected chi connectivity index (χ1v) is 12.2. The van der Waals surface area contributed by atoms with Crippen molar-refractivity contribution in [2.75, 3.05) is 6.61 Å². The topological polar surface area (TPSA) is 73.3 Å². The molecule has 1 N–H and O–H groups in total. The van der Waals surface area contributed by atoms with E-state index in [-0.39, 0.29) is 20.7 Å². The minimum absolute atomic E-state index is 0.0280. The highest BCUT2D eigenvalue weighted by atomic mass is 127. The van der Waals surface area contributed by atoms with Crippen molar-refractivity contribution in [3.63, 3.8) is 0 Å². The van der Waals surface area contributed by atoms with Gasteiger partial charge < -0.3 is 9.47 Å². The van der Waals surface area contributed by atoms with E-state index in [9.17, 15) is 9.59 Å². The lowest BCUT2D eigenvalue weighted by Crippen LogP contribution is -2.36. The van der Waals surface area contributed by atoms with E-state index in [0.29, 0.717) is 19.8 Å². The Bertz CT molecular complexity index is 1090. The molecule has 1 aliphatic heterocycles. The lowest BCUT2D eigenvalue weighted by atomic mass is 10.1. The highest BCUT2D eigenvalue weighted by Gasteiger charge is 2.45. The molecule has 162 valence electrons. The summed E-state index contributed by atoms with van der Waals surface area (Å²) in [6.45, 7) is 1.53. The van der Waals surface area contributed by atoms with Gasteiger partial charge in [0.2, 0.25) is 0 Å². The molecule has 4 atom stereocenters. The summed E-state index contributed by atoms with van der Waals surface area (Å²) in [5.41, 5.74) is 1.42. The number of hydrogen-bond acceptors (Lipinski definition) is 5. The number of alkyl halides is 1. The quantitative estimate of drug-likeness (QED) is 0.342. The zero-order chi connectivity index (χ0) is 21.6. The molecule has 31 heavy (non-hydrogen) atoms. The summed E-state index contributed by atoms with van der Waals surface area (Å²) in [6, 6.07) is 21.5. The second-order valence-corrected chi connectivity index (χ2v) is 10.1. The second kappa shape index (κ2) is 10.6. The van der Waals surface area contributed by atoms with E-state index >= 15 is 0 Å².